The van der Waals surface area contributed by atoms with Crippen LogP contribution in [-0.4, -0.2) is 29.1 Å². The van der Waals surface area contributed by atoms with Crippen LogP contribution >= 0.6 is 0 Å². The number of hydrogen-bond acceptors (Lipinski definition) is 3. The first-order valence-corrected chi connectivity index (χ1v) is 6.82. The molecule has 0 bridgehead atoms. The van der Waals surface area contributed by atoms with Crippen molar-refractivity contribution >= 4 is 5.91 Å². The van der Waals surface area contributed by atoms with Gasteiger partial charge in [-0.15, -0.1) is 0 Å². The highest BCUT2D eigenvalue weighted by Gasteiger charge is 2.20. The van der Waals surface area contributed by atoms with E-state index in [1.807, 2.05) is 0 Å². The largest absolute Gasteiger partial charge is 0.356 e. The number of carbonyl (C=O) groups is 1. The van der Waals surface area contributed by atoms with Gasteiger partial charge in [0.2, 0.25) is 5.91 Å². The molecule has 1 saturated heterocycles. The Labute approximate surface area is 120 Å². The first kappa shape index (κ1) is 13.7. The average Bonchev–Trinajstić information content (AvgIpc) is 3.09. The summed E-state index contributed by atoms with van der Waals surface area (Å²) in [5, 5.41) is 3.78. The summed E-state index contributed by atoms with van der Waals surface area (Å²) in [6.07, 6.45) is 2.18. The SMILES string of the molecule is O=C(Cc1cc(-c2ccc(F)cc2F)on1)N1CCCC1. The van der Waals surface area contributed by atoms with Crippen molar-refractivity contribution in [3.63, 3.8) is 0 Å². The van der Waals surface area contributed by atoms with Crippen LogP contribution in [0.15, 0.2) is 28.8 Å². The molecule has 0 radical (unpaired) electrons. The van der Waals surface area contributed by atoms with Crippen LogP contribution in [0, 0.1) is 11.6 Å². The van der Waals surface area contributed by atoms with E-state index in [9.17, 15) is 13.6 Å². The Morgan fingerprint density at radius 3 is 2.71 bits per heavy atom. The van der Waals surface area contributed by atoms with Gasteiger partial charge in [0.1, 0.15) is 11.6 Å². The number of carbonyl (C=O) groups excluding carboxylic acids is 1. The number of nitrogens with zero attached hydrogens (tertiary/aromatic N) is 2. The van der Waals surface area contributed by atoms with Crippen LogP contribution in [0.25, 0.3) is 11.3 Å². The van der Waals surface area contributed by atoms with Crippen LogP contribution < -0.4 is 0 Å². The van der Waals surface area contributed by atoms with Crippen molar-refractivity contribution in [2.75, 3.05) is 13.1 Å². The molecule has 1 amide bonds. The molecular formula is C15H14F2N2O2. The fourth-order valence-electron chi connectivity index (χ4n) is 2.44. The van der Waals surface area contributed by atoms with Crippen LogP contribution in [0.3, 0.4) is 0 Å². The van der Waals surface area contributed by atoms with Crippen molar-refractivity contribution in [1.29, 1.82) is 0 Å². The van der Waals surface area contributed by atoms with E-state index >= 15 is 0 Å². The van der Waals surface area contributed by atoms with Gasteiger partial charge in [0.25, 0.3) is 0 Å². The lowest BCUT2D eigenvalue weighted by molar-refractivity contribution is -0.129. The summed E-state index contributed by atoms with van der Waals surface area (Å²) in [4.78, 5) is 13.8. The molecule has 3 rings (SSSR count). The lowest BCUT2D eigenvalue weighted by atomic mass is 10.1. The maximum atomic E-state index is 13.7. The van der Waals surface area contributed by atoms with Crippen LogP contribution in [0.2, 0.25) is 0 Å². The van der Waals surface area contributed by atoms with E-state index in [1.54, 1.807) is 4.90 Å². The van der Waals surface area contributed by atoms with Crippen LogP contribution in [-0.2, 0) is 11.2 Å². The van der Waals surface area contributed by atoms with Gasteiger partial charge in [-0.1, -0.05) is 5.16 Å². The molecule has 0 aliphatic carbocycles. The molecular weight excluding hydrogens is 278 g/mol. The monoisotopic (exact) mass is 292 g/mol. The normalized spacial score (nSPS) is 14.7. The van der Waals surface area contributed by atoms with E-state index in [0.717, 1.165) is 38.1 Å². The summed E-state index contributed by atoms with van der Waals surface area (Å²) in [5.74, 6) is -1.19. The molecule has 2 aromatic rings. The van der Waals surface area contributed by atoms with Gasteiger partial charge in [-0.3, -0.25) is 4.79 Å². The highest BCUT2D eigenvalue weighted by molar-refractivity contribution is 5.78. The third kappa shape index (κ3) is 2.94. The molecule has 0 N–H and O–H groups in total. The zero-order chi connectivity index (χ0) is 14.8. The van der Waals surface area contributed by atoms with Crippen molar-refractivity contribution in [2.24, 2.45) is 0 Å². The summed E-state index contributed by atoms with van der Waals surface area (Å²) >= 11 is 0. The van der Waals surface area contributed by atoms with Crippen LogP contribution in [0.1, 0.15) is 18.5 Å². The summed E-state index contributed by atoms with van der Waals surface area (Å²) in [6, 6.07) is 4.74. The molecule has 110 valence electrons. The molecule has 0 spiro atoms. The number of halogens is 2. The van der Waals surface area contributed by atoms with Gasteiger partial charge < -0.3 is 9.42 Å². The second kappa shape index (κ2) is 5.63. The number of benzene rings is 1. The molecule has 1 aliphatic rings. The minimum Gasteiger partial charge on any atom is -0.356 e. The predicted octanol–water partition coefficient (Wildman–Crippen LogP) is 2.78. The second-order valence-corrected chi connectivity index (χ2v) is 5.07. The van der Waals surface area contributed by atoms with Crippen molar-refractivity contribution in [3.8, 4) is 11.3 Å². The third-order valence-corrected chi connectivity index (χ3v) is 3.55. The summed E-state index contributed by atoms with van der Waals surface area (Å²) in [7, 11) is 0. The van der Waals surface area contributed by atoms with Crippen molar-refractivity contribution in [3.05, 3.63) is 41.6 Å². The molecule has 21 heavy (non-hydrogen) atoms. The van der Waals surface area contributed by atoms with Gasteiger partial charge in [0.05, 0.1) is 17.7 Å². The Bertz CT molecular complexity index is 663. The van der Waals surface area contributed by atoms with Crippen molar-refractivity contribution in [2.45, 2.75) is 19.3 Å². The van der Waals surface area contributed by atoms with Gasteiger partial charge in [0, 0.05) is 25.2 Å². The first-order chi connectivity index (χ1) is 10.1. The molecule has 4 nitrogen and oxygen atoms in total. The topological polar surface area (TPSA) is 46.3 Å². The lowest BCUT2D eigenvalue weighted by Crippen LogP contribution is -2.29. The van der Waals surface area contributed by atoms with Crippen LogP contribution in [0.4, 0.5) is 8.78 Å². The smallest absolute Gasteiger partial charge is 0.228 e. The minimum absolute atomic E-state index is 0.00747. The molecule has 2 heterocycles. The number of hydrogen-bond donors (Lipinski definition) is 0. The Kier molecular flexibility index (Phi) is 3.68. The first-order valence-electron chi connectivity index (χ1n) is 6.82. The quantitative estimate of drug-likeness (QED) is 0.874. The fourth-order valence-corrected chi connectivity index (χ4v) is 2.44. The van der Waals surface area contributed by atoms with E-state index < -0.39 is 11.6 Å². The number of amides is 1. The zero-order valence-electron chi connectivity index (χ0n) is 11.3. The lowest BCUT2D eigenvalue weighted by Gasteiger charge is -2.13. The molecule has 0 atom stereocenters. The molecule has 1 fully saturated rings. The van der Waals surface area contributed by atoms with Gasteiger partial charge in [-0.25, -0.2) is 8.78 Å². The number of likely N-dealkylation sites (tertiary alicyclic amines) is 1. The Hall–Kier alpha value is -2.24. The Morgan fingerprint density at radius 2 is 2.00 bits per heavy atom. The maximum absolute atomic E-state index is 13.7. The minimum atomic E-state index is -0.719. The molecule has 1 aliphatic heterocycles. The highest BCUT2D eigenvalue weighted by Crippen LogP contribution is 2.24. The third-order valence-electron chi connectivity index (χ3n) is 3.55. The Balaban J connectivity index is 1.75. The van der Waals surface area contributed by atoms with Crippen LogP contribution in [0.5, 0.6) is 0 Å². The molecule has 0 unspecified atom stereocenters. The standard InChI is InChI=1S/C15H14F2N2O2/c16-10-3-4-12(13(17)7-10)14-8-11(18-21-14)9-15(20)19-5-1-2-6-19/h3-4,7-8H,1-2,5-6,9H2. The fraction of sp³-hybridized carbons (Fsp3) is 0.333. The molecule has 6 heteroatoms. The molecule has 0 saturated carbocycles. The number of rotatable bonds is 3. The summed E-state index contributed by atoms with van der Waals surface area (Å²) in [6.45, 7) is 1.55. The average molecular weight is 292 g/mol. The van der Waals surface area contributed by atoms with Gasteiger partial charge >= 0.3 is 0 Å². The van der Waals surface area contributed by atoms with E-state index in [1.165, 1.54) is 12.1 Å². The number of aromatic nitrogens is 1. The zero-order valence-corrected chi connectivity index (χ0v) is 11.3. The summed E-state index contributed by atoms with van der Waals surface area (Å²) in [5.41, 5.74) is 0.578. The summed E-state index contributed by atoms with van der Waals surface area (Å²) < 4.78 is 31.6. The maximum Gasteiger partial charge on any atom is 0.228 e. The van der Waals surface area contributed by atoms with E-state index in [4.69, 9.17) is 4.52 Å². The predicted molar refractivity (Wildman–Crippen MR) is 71.4 cm³/mol. The van der Waals surface area contributed by atoms with Gasteiger partial charge in [0.15, 0.2) is 5.76 Å². The van der Waals surface area contributed by atoms with E-state index in [0.29, 0.717) is 5.69 Å². The molecule has 1 aromatic heterocycles. The molecule has 1 aromatic carbocycles. The van der Waals surface area contributed by atoms with Crippen molar-refractivity contribution < 1.29 is 18.1 Å². The van der Waals surface area contributed by atoms with E-state index in [-0.39, 0.29) is 23.7 Å². The highest BCUT2D eigenvalue weighted by atomic mass is 19.1. The second-order valence-electron chi connectivity index (χ2n) is 5.07. The van der Waals surface area contributed by atoms with Crippen molar-refractivity contribution in [1.82, 2.24) is 10.1 Å². The van der Waals surface area contributed by atoms with Gasteiger partial charge in [-0.2, -0.15) is 0 Å². The van der Waals surface area contributed by atoms with Gasteiger partial charge in [-0.05, 0) is 25.0 Å². The van der Waals surface area contributed by atoms with E-state index in [2.05, 4.69) is 5.16 Å². The Morgan fingerprint density at radius 1 is 1.24 bits per heavy atom.